The summed E-state index contributed by atoms with van der Waals surface area (Å²) in [4.78, 5) is 22.5. The van der Waals surface area contributed by atoms with Gasteiger partial charge in [0, 0.05) is 49.2 Å². The number of carbonyl (C=O) groups is 1. The number of ether oxygens (including phenoxy) is 1. The third-order valence-electron chi connectivity index (χ3n) is 9.08. The van der Waals surface area contributed by atoms with Gasteiger partial charge in [-0.2, -0.15) is 0 Å². The predicted octanol–water partition coefficient (Wildman–Crippen LogP) is 6.54. The molecule has 2 aliphatic carbocycles. The van der Waals surface area contributed by atoms with Crippen molar-refractivity contribution < 1.29 is 9.53 Å². The molecule has 3 atom stereocenters. The number of aryl methyl sites for hydroxylation is 1. The molecule has 41 heavy (non-hydrogen) atoms. The Morgan fingerprint density at radius 2 is 1.93 bits per heavy atom. The van der Waals surface area contributed by atoms with Gasteiger partial charge < -0.3 is 19.9 Å². The monoisotopic (exact) mass is 636 g/mol. The number of nitrogens with zero attached hydrogens (tertiary/aromatic N) is 2. The van der Waals surface area contributed by atoms with E-state index in [1.807, 2.05) is 17.0 Å². The van der Waals surface area contributed by atoms with Crippen molar-refractivity contribution in [1.82, 2.24) is 20.1 Å². The van der Waals surface area contributed by atoms with Crippen LogP contribution in [0, 0.1) is 11.8 Å². The summed E-state index contributed by atoms with van der Waals surface area (Å²) in [7, 11) is 1.70. The van der Waals surface area contributed by atoms with Crippen LogP contribution in [0.25, 0.3) is 17.3 Å². The molecule has 224 valence electrons. The van der Waals surface area contributed by atoms with Crippen LogP contribution in [0.5, 0.6) is 5.75 Å². The van der Waals surface area contributed by atoms with Gasteiger partial charge in [-0.05, 0) is 86.7 Å². The average Bonchev–Trinajstić information content (AvgIpc) is 3.74. The van der Waals surface area contributed by atoms with Gasteiger partial charge in [-0.25, -0.2) is 0 Å². The summed E-state index contributed by atoms with van der Waals surface area (Å²) in [5, 5.41) is 3.43. The fourth-order valence-corrected chi connectivity index (χ4v) is 8.34. The van der Waals surface area contributed by atoms with Crippen LogP contribution in [-0.2, 0) is 11.2 Å². The zero-order chi connectivity index (χ0) is 26.8. The van der Waals surface area contributed by atoms with Crippen molar-refractivity contribution in [1.29, 1.82) is 0 Å². The Morgan fingerprint density at radius 1 is 1.10 bits per heavy atom. The molecule has 3 heterocycles. The first-order valence-electron chi connectivity index (χ1n) is 14.7. The number of thiocarbonyl (C=S) groups is 1. The number of benzene rings is 1. The molecule has 0 radical (unpaired) electrons. The van der Waals surface area contributed by atoms with Crippen LogP contribution in [0.1, 0.15) is 56.2 Å². The SMILES string of the molecule is COc1cccc(-c2cc(CCCCCN3CCNCC3)c(/C=C3/SC(=S)N(C4CC5CCC4C5)C3=O)[nH]2)c1.Cl.Cl. The molecule has 1 amide bonds. The Hall–Kier alpha value is -1.55. The quantitative estimate of drug-likeness (QED) is 0.175. The Labute approximate surface area is 266 Å². The minimum absolute atomic E-state index is 0. The Bertz CT molecular complexity index is 1250. The molecule has 4 fully saturated rings. The molecule has 3 unspecified atom stereocenters. The number of H-pyrrole nitrogens is 1. The van der Waals surface area contributed by atoms with E-state index in [1.165, 1.54) is 56.0 Å². The van der Waals surface area contributed by atoms with Gasteiger partial charge in [0.25, 0.3) is 5.91 Å². The van der Waals surface area contributed by atoms with Crippen LogP contribution in [0.3, 0.4) is 0 Å². The number of fused-ring (bicyclic) bond motifs is 2. The number of unbranched alkanes of at least 4 members (excludes halogenated alkanes) is 2. The molecular formula is C31H42Cl2N4O2S2. The largest absolute Gasteiger partial charge is 0.497 e. The van der Waals surface area contributed by atoms with Gasteiger partial charge in [0.2, 0.25) is 0 Å². The summed E-state index contributed by atoms with van der Waals surface area (Å²) < 4.78 is 6.20. The molecule has 1 aromatic carbocycles. The number of halogens is 2. The molecule has 6 rings (SSSR count). The number of thioether (sulfide) groups is 1. The van der Waals surface area contributed by atoms with Gasteiger partial charge >= 0.3 is 0 Å². The Morgan fingerprint density at radius 3 is 2.66 bits per heavy atom. The predicted molar refractivity (Wildman–Crippen MR) is 178 cm³/mol. The lowest BCUT2D eigenvalue weighted by molar-refractivity contribution is -0.124. The molecular weight excluding hydrogens is 595 g/mol. The fraction of sp³-hybridized carbons (Fsp3) is 0.548. The number of hydrogen-bond donors (Lipinski definition) is 2. The number of piperazine rings is 1. The van der Waals surface area contributed by atoms with Gasteiger partial charge in [0.05, 0.1) is 12.0 Å². The second-order valence-corrected chi connectivity index (χ2v) is 13.2. The molecule has 10 heteroatoms. The van der Waals surface area contributed by atoms with E-state index >= 15 is 0 Å². The molecule has 4 aliphatic rings. The fourth-order valence-electron chi connectivity index (χ4n) is 6.98. The van der Waals surface area contributed by atoms with Crippen molar-refractivity contribution in [3.8, 4) is 17.0 Å². The van der Waals surface area contributed by atoms with E-state index in [1.54, 1.807) is 7.11 Å². The van der Waals surface area contributed by atoms with Gasteiger partial charge in [-0.15, -0.1) is 24.8 Å². The van der Waals surface area contributed by atoms with E-state index in [0.29, 0.717) is 12.0 Å². The summed E-state index contributed by atoms with van der Waals surface area (Å²) in [5.74, 6) is 2.34. The van der Waals surface area contributed by atoms with E-state index in [4.69, 9.17) is 17.0 Å². The number of hydrogen-bond acceptors (Lipinski definition) is 6. The lowest BCUT2D eigenvalue weighted by Crippen LogP contribution is -2.43. The summed E-state index contributed by atoms with van der Waals surface area (Å²) in [6, 6.07) is 10.7. The third-order valence-corrected chi connectivity index (χ3v) is 10.4. The van der Waals surface area contributed by atoms with E-state index in [0.717, 1.165) is 83.3 Å². The lowest BCUT2D eigenvalue weighted by atomic mass is 9.94. The van der Waals surface area contributed by atoms with Gasteiger partial charge in [-0.3, -0.25) is 9.69 Å². The molecule has 2 bridgehead atoms. The van der Waals surface area contributed by atoms with E-state index in [-0.39, 0.29) is 30.7 Å². The highest BCUT2D eigenvalue weighted by atomic mass is 35.5. The minimum atomic E-state index is 0. The molecule has 2 aliphatic heterocycles. The van der Waals surface area contributed by atoms with Gasteiger partial charge in [-0.1, -0.05) is 49.0 Å². The number of carbonyl (C=O) groups excluding carboxylic acids is 1. The molecule has 0 spiro atoms. The summed E-state index contributed by atoms with van der Waals surface area (Å²) in [5.41, 5.74) is 4.44. The first-order valence-corrected chi connectivity index (χ1v) is 15.9. The average molecular weight is 638 g/mol. The summed E-state index contributed by atoms with van der Waals surface area (Å²) in [6.07, 6.45) is 11.6. The number of nitrogens with one attached hydrogen (secondary N) is 2. The molecule has 2 aromatic rings. The first-order chi connectivity index (χ1) is 19.1. The van der Waals surface area contributed by atoms with Crippen LogP contribution in [0.4, 0.5) is 0 Å². The van der Waals surface area contributed by atoms with Crippen molar-refractivity contribution in [2.45, 2.75) is 57.4 Å². The second kappa shape index (κ2) is 14.8. The van der Waals surface area contributed by atoms with E-state index < -0.39 is 0 Å². The Balaban J connectivity index is 0.00000194. The van der Waals surface area contributed by atoms with E-state index in [9.17, 15) is 4.79 Å². The van der Waals surface area contributed by atoms with Crippen LogP contribution in [0.15, 0.2) is 35.2 Å². The molecule has 2 saturated carbocycles. The van der Waals surface area contributed by atoms with Crippen molar-refractivity contribution in [3.05, 3.63) is 46.5 Å². The lowest BCUT2D eigenvalue weighted by Gasteiger charge is -2.30. The van der Waals surface area contributed by atoms with Crippen LogP contribution >= 0.6 is 48.8 Å². The highest BCUT2D eigenvalue weighted by molar-refractivity contribution is 8.26. The van der Waals surface area contributed by atoms with Crippen molar-refractivity contribution >= 4 is 65.1 Å². The number of aromatic amines is 1. The second-order valence-electron chi connectivity index (χ2n) is 11.6. The number of aromatic nitrogens is 1. The maximum atomic E-state index is 13.6. The van der Waals surface area contributed by atoms with Gasteiger partial charge in [0.15, 0.2) is 0 Å². The van der Waals surface area contributed by atoms with Crippen LogP contribution < -0.4 is 10.1 Å². The Kier molecular flexibility index (Phi) is 11.6. The number of methoxy groups -OCH3 is 1. The topological polar surface area (TPSA) is 60.6 Å². The standard InChI is InChI=1S/C31H40N4O2S2.2ClH/c1-37-25-8-5-7-22(18-25)26-19-23(6-3-2-4-13-34-14-11-32-12-15-34)27(33-26)20-29-30(36)35(31(38)39-29)28-17-21-9-10-24(28)16-21;;/h5,7-8,18-21,24,28,32-33H,2-4,6,9-17H2,1H3;2*1H/b29-20+;;. The van der Waals surface area contributed by atoms with Gasteiger partial charge in [0.1, 0.15) is 10.1 Å². The van der Waals surface area contributed by atoms with E-state index in [2.05, 4.69) is 39.5 Å². The number of rotatable bonds is 10. The molecule has 2 saturated heterocycles. The highest BCUT2D eigenvalue weighted by Gasteiger charge is 2.48. The minimum Gasteiger partial charge on any atom is -0.497 e. The number of amides is 1. The molecule has 2 N–H and O–H groups in total. The van der Waals surface area contributed by atoms with Crippen molar-refractivity contribution in [3.63, 3.8) is 0 Å². The van der Waals surface area contributed by atoms with Crippen molar-refractivity contribution in [2.75, 3.05) is 39.8 Å². The summed E-state index contributed by atoms with van der Waals surface area (Å²) >= 11 is 7.23. The van der Waals surface area contributed by atoms with Crippen LogP contribution in [-0.4, -0.2) is 70.9 Å². The normalized spacial score (nSPS) is 25.0. The highest BCUT2D eigenvalue weighted by Crippen LogP contribution is 2.49. The molecule has 1 aromatic heterocycles. The first kappa shape index (κ1) is 32.4. The smallest absolute Gasteiger partial charge is 0.266 e. The zero-order valence-corrected chi connectivity index (χ0v) is 27.0. The van der Waals surface area contributed by atoms with Crippen LogP contribution in [0.2, 0.25) is 0 Å². The maximum absolute atomic E-state index is 13.6. The molecule has 6 nitrogen and oxygen atoms in total. The third kappa shape index (κ3) is 7.34. The maximum Gasteiger partial charge on any atom is 0.266 e. The summed E-state index contributed by atoms with van der Waals surface area (Å²) in [6.45, 7) is 5.71. The zero-order valence-electron chi connectivity index (χ0n) is 23.7. The van der Waals surface area contributed by atoms with Crippen molar-refractivity contribution in [2.24, 2.45) is 11.8 Å².